The lowest BCUT2D eigenvalue weighted by Gasteiger charge is -2.26. The summed E-state index contributed by atoms with van der Waals surface area (Å²) in [6.07, 6.45) is 5.90. The minimum atomic E-state index is 0.395. The summed E-state index contributed by atoms with van der Waals surface area (Å²) < 4.78 is 10.4. The molecule has 3 rings (SSSR count). The molecule has 0 bridgehead atoms. The predicted molar refractivity (Wildman–Crippen MR) is 88.9 cm³/mol. The minimum Gasteiger partial charge on any atom is -0.378 e. The maximum Gasteiger partial charge on any atom is 0.117 e. The average Bonchev–Trinajstić information content (AvgIpc) is 2.92. The molecular weight excluding hydrogens is 282 g/mol. The van der Waals surface area contributed by atoms with E-state index in [9.17, 15) is 0 Å². The maximum atomic E-state index is 5.93. The van der Waals surface area contributed by atoms with Crippen molar-refractivity contribution >= 4 is 27.4 Å². The van der Waals surface area contributed by atoms with Crippen molar-refractivity contribution < 1.29 is 4.74 Å². The summed E-state index contributed by atoms with van der Waals surface area (Å²) in [7, 11) is 0. The van der Waals surface area contributed by atoms with Gasteiger partial charge in [-0.3, -0.25) is 0 Å². The van der Waals surface area contributed by atoms with Crippen molar-refractivity contribution in [2.45, 2.75) is 44.2 Å². The highest BCUT2D eigenvalue weighted by Crippen LogP contribution is 2.27. The molecule has 21 heavy (non-hydrogen) atoms. The van der Waals surface area contributed by atoms with Crippen LogP contribution in [0.1, 0.15) is 32.1 Å². The Kier molecular flexibility index (Phi) is 5.06. The molecule has 114 valence electrons. The largest absolute Gasteiger partial charge is 0.378 e. The summed E-state index contributed by atoms with van der Waals surface area (Å²) >= 11 is 1.53. The van der Waals surface area contributed by atoms with Gasteiger partial charge in [0, 0.05) is 24.6 Å². The van der Waals surface area contributed by atoms with Crippen LogP contribution in [0.3, 0.4) is 0 Å². The Morgan fingerprint density at radius 1 is 1.24 bits per heavy atom. The summed E-state index contributed by atoms with van der Waals surface area (Å²) in [6, 6.07) is 8.64. The van der Waals surface area contributed by atoms with E-state index in [4.69, 9.17) is 10.5 Å². The Bertz CT molecular complexity index is 563. The number of nitrogens with two attached hydrogens (primary N) is 1. The van der Waals surface area contributed by atoms with Gasteiger partial charge in [0.25, 0.3) is 0 Å². The Morgan fingerprint density at radius 2 is 2.05 bits per heavy atom. The number of anilines is 1. The van der Waals surface area contributed by atoms with Crippen molar-refractivity contribution in [1.82, 2.24) is 4.37 Å². The molecular formula is C16H23N3OS. The van der Waals surface area contributed by atoms with Gasteiger partial charge in [-0.15, -0.1) is 0 Å². The summed E-state index contributed by atoms with van der Waals surface area (Å²) in [6.45, 7) is 1.75. The predicted octanol–water partition coefficient (Wildman–Crippen LogP) is 3.38. The number of hydrogen-bond donors (Lipinski definition) is 2. The summed E-state index contributed by atoms with van der Waals surface area (Å²) in [5, 5.41) is 5.84. The van der Waals surface area contributed by atoms with E-state index in [1.54, 1.807) is 0 Å². The molecule has 1 aromatic heterocycles. The molecule has 0 aliphatic heterocycles. The van der Waals surface area contributed by atoms with Crippen LogP contribution in [-0.2, 0) is 4.74 Å². The van der Waals surface area contributed by atoms with Crippen LogP contribution < -0.4 is 11.1 Å². The first kappa shape index (κ1) is 14.8. The fourth-order valence-corrected chi connectivity index (χ4v) is 3.58. The van der Waals surface area contributed by atoms with Crippen LogP contribution in [0.4, 0.5) is 5.00 Å². The zero-order chi connectivity index (χ0) is 14.5. The van der Waals surface area contributed by atoms with Crippen molar-refractivity contribution in [3.05, 3.63) is 24.3 Å². The molecule has 0 spiro atoms. The fourth-order valence-electron chi connectivity index (χ4n) is 2.80. The van der Waals surface area contributed by atoms with Gasteiger partial charge >= 0.3 is 0 Å². The van der Waals surface area contributed by atoms with Crippen LogP contribution in [0.2, 0.25) is 0 Å². The van der Waals surface area contributed by atoms with Gasteiger partial charge < -0.3 is 15.8 Å². The Labute approximate surface area is 129 Å². The topological polar surface area (TPSA) is 60.2 Å². The summed E-state index contributed by atoms with van der Waals surface area (Å²) in [4.78, 5) is 0. The zero-order valence-electron chi connectivity index (χ0n) is 12.3. The van der Waals surface area contributed by atoms with Gasteiger partial charge in [0.05, 0.1) is 11.6 Å². The Balaban J connectivity index is 1.37. The van der Waals surface area contributed by atoms with Crippen molar-refractivity contribution in [3.8, 4) is 0 Å². The SMILES string of the molecule is NC1CCC(OCCCNc2snc3ccccc23)CC1. The second-order valence-electron chi connectivity index (χ2n) is 5.72. The number of ether oxygens (including phenoxy) is 1. The van der Waals surface area contributed by atoms with E-state index in [2.05, 4.69) is 21.8 Å². The second-order valence-corrected chi connectivity index (χ2v) is 6.49. The Morgan fingerprint density at radius 3 is 2.90 bits per heavy atom. The van der Waals surface area contributed by atoms with Gasteiger partial charge in [0.2, 0.25) is 0 Å². The van der Waals surface area contributed by atoms with Gasteiger partial charge in [-0.25, -0.2) is 0 Å². The number of benzene rings is 1. The third kappa shape index (κ3) is 3.93. The molecule has 5 heteroatoms. The lowest BCUT2D eigenvalue weighted by atomic mass is 9.94. The normalized spacial score (nSPS) is 22.5. The molecule has 3 N–H and O–H groups in total. The van der Waals surface area contributed by atoms with E-state index in [0.717, 1.165) is 55.8 Å². The highest BCUT2D eigenvalue weighted by Gasteiger charge is 2.18. The maximum absolute atomic E-state index is 5.93. The number of nitrogens with zero attached hydrogens (tertiary/aromatic N) is 1. The fraction of sp³-hybridized carbons (Fsp3) is 0.562. The number of fused-ring (bicyclic) bond motifs is 1. The molecule has 0 atom stereocenters. The molecule has 1 aliphatic carbocycles. The van der Waals surface area contributed by atoms with E-state index < -0.39 is 0 Å². The van der Waals surface area contributed by atoms with E-state index in [-0.39, 0.29) is 0 Å². The van der Waals surface area contributed by atoms with Crippen LogP contribution in [0.15, 0.2) is 24.3 Å². The lowest BCUT2D eigenvalue weighted by molar-refractivity contribution is 0.0251. The molecule has 1 heterocycles. The van der Waals surface area contributed by atoms with Crippen LogP contribution in [-0.4, -0.2) is 29.7 Å². The molecule has 1 aliphatic rings. The van der Waals surface area contributed by atoms with Crippen LogP contribution in [0, 0.1) is 0 Å². The monoisotopic (exact) mass is 305 g/mol. The molecule has 1 saturated carbocycles. The van der Waals surface area contributed by atoms with Crippen molar-refractivity contribution in [2.24, 2.45) is 5.73 Å². The molecule has 1 aromatic carbocycles. The van der Waals surface area contributed by atoms with Crippen molar-refractivity contribution in [2.75, 3.05) is 18.5 Å². The first-order chi connectivity index (χ1) is 10.3. The highest BCUT2D eigenvalue weighted by atomic mass is 32.1. The standard InChI is InChI=1S/C16H23N3OS/c17-12-6-8-13(9-7-12)20-11-3-10-18-16-14-4-1-2-5-15(14)19-21-16/h1-2,4-5,12-13,18H,3,6-11,17H2. The smallest absolute Gasteiger partial charge is 0.117 e. The summed E-state index contributed by atoms with van der Waals surface area (Å²) in [5.74, 6) is 0. The number of nitrogens with one attached hydrogen (secondary N) is 1. The zero-order valence-corrected chi connectivity index (χ0v) is 13.1. The molecule has 1 fully saturated rings. The number of aromatic nitrogens is 1. The first-order valence-electron chi connectivity index (χ1n) is 7.78. The molecule has 4 nitrogen and oxygen atoms in total. The van der Waals surface area contributed by atoms with Gasteiger partial charge in [-0.2, -0.15) is 4.37 Å². The third-order valence-electron chi connectivity index (χ3n) is 4.06. The van der Waals surface area contributed by atoms with Crippen LogP contribution >= 0.6 is 11.5 Å². The van der Waals surface area contributed by atoms with Crippen LogP contribution in [0.5, 0.6) is 0 Å². The van der Waals surface area contributed by atoms with E-state index in [1.165, 1.54) is 16.9 Å². The van der Waals surface area contributed by atoms with E-state index >= 15 is 0 Å². The van der Waals surface area contributed by atoms with Crippen molar-refractivity contribution in [1.29, 1.82) is 0 Å². The molecule has 0 unspecified atom stereocenters. The average molecular weight is 305 g/mol. The molecule has 0 amide bonds. The van der Waals surface area contributed by atoms with E-state index in [0.29, 0.717) is 12.1 Å². The van der Waals surface area contributed by atoms with Gasteiger partial charge in [-0.05, 0) is 55.8 Å². The third-order valence-corrected chi connectivity index (χ3v) is 4.90. The Hall–Kier alpha value is -1.17. The molecule has 0 saturated heterocycles. The van der Waals surface area contributed by atoms with Gasteiger partial charge in [0.15, 0.2) is 0 Å². The number of hydrogen-bond acceptors (Lipinski definition) is 5. The second kappa shape index (κ2) is 7.20. The van der Waals surface area contributed by atoms with Gasteiger partial charge in [0.1, 0.15) is 5.00 Å². The van der Waals surface area contributed by atoms with Gasteiger partial charge in [-0.1, -0.05) is 12.1 Å². The highest BCUT2D eigenvalue weighted by molar-refractivity contribution is 7.11. The minimum absolute atomic E-state index is 0.395. The van der Waals surface area contributed by atoms with Crippen molar-refractivity contribution in [3.63, 3.8) is 0 Å². The first-order valence-corrected chi connectivity index (χ1v) is 8.56. The van der Waals surface area contributed by atoms with E-state index in [1.807, 2.05) is 12.1 Å². The quantitative estimate of drug-likeness (QED) is 0.803. The molecule has 2 aromatic rings. The number of rotatable bonds is 6. The summed E-state index contributed by atoms with van der Waals surface area (Å²) in [5.41, 5.74) is 6.97. The lowest BCUT2D eigenvalue weighted by Crippen LogP contribution is -2.30. The van der Waals surface area contributed by atoms with Crippen LogP contribution in [0.25, 0.3) is 10.9 Å². The molecule has 0 radical (unpaired) electrons.